The maximum Gasteiger partial charge on any atom is 0.274 e. The number of hydrogen-bond acceptors (Lipinski definition) is 4. The molecule has 7 nitrogen and oxygen atoms in total. The Morgan fingerprint density at radius 1 is 1.09 bits per heavy atom. The van der Waals surface area contributed by atoms with Gasteiger partial charge in [0.15, 0.2) is 11.6 Å². The molecule has 172 valence electrons. The Kier molecular flexibility index (Phi) is 6.67. The summed E-state index contributed by atoms with van der Waals surface area (Å²) in [6.07, 6.45) is 4.48. The Morgan fingerprint density at radius 3 is 2.64 bits per heavy atom. The first kappa shape index (κ1) is 22.4. The SMILES string of the molecule is Cn1ncc(NC(=O)c2cccc(COc3ccc(F)cc3F)c2)c1C(=O)N1CCCCC1. The molecule has 2 amide bonds. The summed E-state index contributed by atoms with van der Waals surface area (Å²) >= 11 is 0. The van der Waals surface area contributed by atoms with Crippen molar-refractivity contribution in [2.45, 2.75) is 25.9 Å². The number of nitrogens with zero attached hydrogens (tertiary/aromatic N) is 3. The highest BCUT2D eigenvalue weighted by molar-refractivity contribution is 6.08. The van der Waals surface area contributed by atoms with Gasteiger partial charge < -0.3 is 15.0 Å². The number of carbonyl (C=O) groups excluding carboxylic acids is 2. The van der Waals surface area contributed by atoms with E-state index in [0.717, 1.165) is 31.4 Å². The topological polar surface area (TPSA) is 76.5 Å². The van der Waals surface area contributed by atoms with Crippen LogP contribution in [0.15, 0.2) is 48.7 Å². The van der Waals surface area contributed by atoms with E-state index in [4.69, 9.17) is 4.74 Å². The quantitative estimate of drug-likeness (QED) is 0.607. The molecule has 1 N–H and O–H groups in total. The van der Waals surface area contributed by atoms with Gasteiger partial charge in [-0.25, -0.2) is 8.78 Å². The highest BCUT2D eigenvalue weighted by Gasteiger charge is 2.25. The highest BCUT2D eigenvalue weighted by atomic mass is 19.1. The lowest BCUT2D eigenvalue weighted by Crippen LogP contribution is -2.37. The van der Waals surface area contributed by atoms with Gasteiger partial charge in [-0.15, -0.1) is 0 Å². The van der Waals surface area contributed by atoms with Crippen LogP contribution in [0.5, 0.6) is 5.75 Å². The van der Waals surface area contributed by atoms with Crippen LogP contribution in [0.4, 0.5) is 14.5 Å². The van der Waals surface area contributed by atoms with Crippen molar-refractivity contribution in [3.05, 3.63) is 77.1 Å². The summed E-state index contributed by atoms with van der Waals surface area (Å²) in [4.78, 5) is 27.6. The summed E-state index contributed by atoms with van der Waals surface area (Å²) in [5.41, 5.74) is 1.64. The van der Waals surface area contributed by atoms with Crippen LogP contribution in [-0.4, -0.2) is 39.6 Å². The molecular weight excluding hydrogens is 430 g/mol. The molecular formula is C24H24F2N4O3. The van der Waals surface area contributed by atoms with E-state index in [1.54, 1.807) is 36.2 Å². The van der Waals surface area contributed by atoms with Gasteiger partial charge in [0, 0.05) is 31.8 Å². The van der Waals surface area contributed by atoms with Crippen LogP contribution in [0.3, 0.4) is 0 Å². The lowest BCUT2D eigenvalue weighted by molar-refractivity contribution is 0.0714. The van der Waals surface area contributed by atoms with Crippen LogP contribution in [0.2, 0.25) is 0 Å². The molecule has 0 radical (unpaired) electrons. The first-order chi connectivity index (χ1) is 15.9. The van der Waals surface area contributed by atoms with Crippen molar-refractivity contribution in [1.29, 1.82) is 0 Å². The van der Waals surface area contributed by atoms with Gasteiger partial charge in [-0.05, 0) is 49.1 Å². The third-order valence-electron chi connectivity index (χ3n) is 5.51. The normalized spacial score (nSPS) is 13.6. The number of ether oxygens (including phenoxy) is 1. The summed E-state index contributed by atoms with van der Waals surface area (Å²) in [6.45, 7) is 1.37. The number of likely N-dealkylation sites (tertiary alicyclic amines) is 1. The number of hydrogen-bond donors (Lipinski definition) is 1. The summed E-state index contributed by atoms with van der Waals surface area (Å²) in [6, 6.07) is 9.71. The molecule has 1 saturated heterocycles. The molecule has 9 heteroatoms. The second-order valence-electron chi connectivity index (χ2n) is 7.90. The van der Waals surface area contributed by atoms with Crippen LogP contribution >= 0.6 is 0 Å². The molecule has 0 spiro atoms. The predicted molar refractivity (Wildman–Crippen MR) is 118 cm³/mol. The van der Waals surface area contributed by atoms with Crippen molar-refractivity contribution < 1.29 is 23.1 Å². The second-order valence-corrected chi connectivity index (χ2v) is 7.90. The maximum atomic E-state index is 13.8. The van der Waals surface area contributed by atoms with Crippen LogP contribution in [0.1, 0.15) is 45.7 Å². The van der Waals surface area contributed by atoms with Gasteiger partial charge in [-0.3, -0.25) is 14.3 Å². The fourth-order valence-electron chi connectivity index (χ4n) is 3.78. The van der Waals surface area contributed by atoms with Crippen molar-refractivity contribution in [2.75, 3.05) is 18.4 Å². The summed E-state index contributed by atoms with van der Waals surface area (Å²) in [7, 11) is 1.67. The number of aryl methyl sites for hydroxylation is 1. The average molecular weight is 454 g/mol. The number of anilines is 1. The fourth-order valence-corrected chi connectivity index (χ4v) is 3.78. The summed E-state index contributed by atoms with van der Waals surface area (Å²) in [5.74, 6) is -2.14. The molecule has 33 heavy (non-hydrogen) atoms. The van der Waals surface area contributed by atoms with E-state index in [9.17, 15) is 18.4 Å². The van der Waals surface area contributed by atoms with Crippen molar-refractivity contribution in [3.63, 3.8) is 0 Å². The minimum atomic E-state index is -0.800. The van der Waals surface area contributed by atoms with E-state index >= 15 is 0 Å². The number of aromatic nitrogens is 2. The molecule has 0 unspecified atom stereocenters. The second kappa shape index (κ2) is 9.81. The molecule has 0 aliphatic carbocycles. The third-order valence-corrected chi connectivity index (χ3v) is 5.51. The van der Waals surface area contributed by atoms with E-state index in [-0.39, 0.29) is 18.3 Å². The molecule has 1 aliphatic rings. The van der Waals surface area contributed by atoms with Gasteiger partial charge in [0.25, 0.3) is 11.8 Å². The molecule has 2 heterocycles. The van der Waals surface area contributed by atoms with E-state index in [2.05, 4.69) is 10.4 Å². The third kappa shape index (κ3) is 5.19. The zero-order valence-electron chi connectivity index (χ0n) is 18.2. The van der Waals surface area contributed by atoms with Gasteiger partial charge in [0.05, 0.1) is 11.9 Å². The molecule has 1 aliphatic heterocycles. The Hall–Kier alpha value is -3.75. The summed E-state index contributed by atoms with van der Waals surface area (Å²) in [5, 5.41) is 6.92. The smallest absolute Gasteiger partial charge is 0.274 e. The number of amides is 2. The van der Waals surface area contributed by atoms with Gasteiger partial charge in [0.1, 0.15) is 18.1 Å². The van der Waals surface area contributed by atoms with Crippen LogP contribution in [0.25, 0.3) is 0 Å². The fraction of sp³-hybridized carbons (Fsp3) is 0.292. The molecule has 1 aromatic heterocycles. The molecule has 1 fully saturated rings. The van der Waals surface area contributed by atoms with E-state index in [1.807, 2.05) is 0 Å². The van der Waals surface area contributed by atoms with Crippen LogP contribution in [0, 0.1) is 11.6 Å². The van der Waals surface area contributed by atoms with E-state index < -0.39 is 17.5 Å². The van der Waals surface area contributed by atoms with Crippen molar-refractivity contribution in [3.8, 4) is 5.75 Å². The van der Waals surface area contributed by atoms with Gasteiger partial charge >= 0.3 is 0 Å². The molecule has 2 aromatic carbocycles. The molecule has 0 saturated carbocycles. The lowest BCUT2D eigenvalue weighted by Gasteiger charge is -2.27. The van der Waals surface area contributed by atoms with Crippen molar-refractivity contribution in [1.82, 2.24) is 14.7 Å². The first-order valence-electron chi connectivity index (χ1n) is 10.7. The molecule has 0 atom stereocenters. The van der Waals surface area contributed by atoms with Crippen molar-refractivity contribution >= 4 is 17.5 Å². The van der Waals surface area contributed by atoms with E-state index in [1.165, 1.54) is 16.9 Å². The van der Waals surface area contributed by atoms with Crippen molar-refractivity contribution in [2.24, 2.45) is 7.05 Å². The zero-order chi connectivity index (χ0) is 23.4. The van der Waals surface area contributed by atoms with Crippen LogP contribution in [-0.2, 0) is 13.7 Å². The predicted octanol–water partition coefficient (Wildman–Crippen LogP) is 4.16. The largest absolute Gasteiger partial charge is 0.486 e. The number of halogens is 2. The minimum Gasteiger partial charge on any atom is -0.486 e. The Labute approximate surface area is 190 Å². The monoisotopic (exact) mass is 454 g/mol. The number of carbonyl (C=O) groups is 2. The van der Waals surface area contributed by atoms with Crippen LogP contribution < -0.4 is 10.1 Å². The number of nitrogens with one attached hydrogen (secondary N) is 1. The Morgan fingerprint density at radius 2 is 1.88 bits per heavy atom. The average Bonchev–Trinajstić information content (AvgIpc) is 3.18. The molecule has 4 rings (SSSR count). The highest BCUT2D eigenvalue weighted by Crippen LogP contribution is 2.22. The Bertz CT molecular complexity index is 1170. The van der Waals surface area contributed by atoms with Gasteiger partial charge in [-0.1, -0.05) is 12.1 Å². The zero-order valence-corrected chi connectivity index (χ0v) is 18.2. The number of rotatable bonds is 6. The maximum absolute atomic E-state index is 13.8. The van der Waals surface area contributed by atoms with Gasteiger partial charge in [0.2, 0.25) is 0 Å². The minimum absolute atomic E-state index is 0.00470. The van der Waals surface area contributed by atoms with Gasteiger partial charge in [-0.2, -0.15) is 5.10 Å². The Balaban J connectivity index is 1.45. The molecule has 3 aromatic rings. The van der Waals surface area contributed by atoms with E-state index in [0.29, 0.717) is 35.6 Å². The standard InChI is InChI=1S/C24H24F2N4O3/c1-29-22(24(32)30-10-3-2-4-11-30)20(14-27-29)28-23(31)17-7-5-6-16(12-17)15-33-21-9-8-18(25)13-19(21)26/h5-9,12-14H,2-4,10-11,15H2,1H3,(H,28,31). The number of piperidine rings is 1. The molecule has 0 bridgehead atoms. The summed E-state index contributed by atoms with van der Waals surface area (Å²) < 4.78 is 33.7. The first-order valence-corrected chi connectivity index (χ1v) is 10.7. The lowest BCUT2D eigenvalue weighted by atomic mass is 10.1. The number of benzene rings is 2.